The molecule has 164 valence electrons. The van der Waals surface area contributed by atoms with Gasteiger partial charge in [-0.1, -0.05) is 20.8 Å². The molecule has 6 rings (SSSR count). The third-order valence-corrected chi connectivity index (χ3v) is 9.00. The van der Waals surface area contributed by atoms with Gasteiger partial charge in [-0.3, -0.25) is 4.79 Å². The first kappa shape index (κ1) is 19.0. The number of esters is 3. The molecule has 4 aliphatic heterocycles. The molecular weight excluding hydrogens is 400 g/mol. The molecular formula is C20H24O10. The van der Waals surface area contributed by atoms with Crippen LogP contribution in [-0.4, -0.2) is 75.1 Å². The highest BCUT2D eigenvalue weighted by Gasteiger charge is 3.03. The lowest BCUT2D eigenvalue weighted by Gasteiger charge is -2.47. The van der Waals surface area contributed by atoms with Crippen molar-refractivity contribution >= 4 is 17.9 Å². The molecule has 4 heterocycles. The zero-order valence-corrected chi connectivity index (χ0v) is 16.9. The molecule has 4 saturated heterocycles. The third kappa shape index (κ3) is 1.33. The van der Waals surface area contributed by atoms with Gasteiger partial charge in [0.05, 0.1) is 16.7 Å². The summed E-state index contributed by atoms with van der Waals surface area (Å²) in [6, 6.07) is 0. The van der Waals surface area contributed by atoms with E-state index in [4.69, 9.17) is 18.9 Å². The van der Waals surface area contributed by atoms with Gasteiger partial charge >= 0.3 is 17.9 Å². The van der Waals surface area contributed by atoms with Crippen molar-refractivity contribution < 1.29 is 48.7 Å². The fourth-order valence-electron chi connectivity index (χ4n) is 8.12. The van der Waals surface area contributed by atoms with E-state index in [1.54, 1.807) is 0 Å². The summed E-state index contributed by atoms with van der Waals surface area (Å²) in [5.74, 6) is -4.32. The monoisotopic (exact) mass is 424 g/mol. The minimum Gasteiger partial charge on any atom is -0.459 e. The summed E-state index contributed by atoms with van der Waals surface area (Å²) in [4.78, 5) is 38.2. The molecule has 0 aromatic heterocycles. The molecule has 3 unspecified atom stereocenters. The van der Waals surface area contributed by atoms with Gasteiger partial charge in [-0.2, -0.15) is 0 Å². The van der Waals surface area contributed by atoms with E-state index < -0.39 is 87.9 Å². The van der Waals surface area contributed by atoms with E-state index in [1.165, 1.54) is 6.92 Å². The predicted octanol–water partition coefficient (Wildman–Crippen LogP) is -1.37. The summed E-state index contributed by atoms with van der Waals surface area (Å²) in [7, 11) is 0. The fourth-order valence-corrected chi connectivity index (χ4v) is 8.12. The zero-order valence-electron chi connectivity index (χ0n) is 16.9. The van der Waals surface area contributed by atoms with Gasteiger partial charge < -0.3 is 34.3 Å². The van der Waals surface area contributed by atoms with Gasteiger partial charge in [-0.25, -0.2) is 9.59 Å². The molecule has 6 fully saturated rings. The molecule has 11 atom stereocenters. The maximum absolute atomic E-state index is 13.4. The van der Waals surface area contributed by atoms with Crippen LogP contribution in [0.2, 0.25) is 0 Å². The maximum atomic E-state index is 13.4. The lowest BCUT2D eigenvalue weighted by atomic mass is 9.51. The van der Waals surface area contributed by atoms with Gasteiger partial charge in [-0.15, -0.1) is 0 Å². The van der Waals surface area contributed by atoms with E-state index in [0.29, 0.717) is 0 Å². The van der Waals surface area contributed by atoms with Gasteiger partial charge in [-0.05, 0) is 24.7 Å². The van der Waals surface area contributed by atoms with Crippen LogP contribution in [0.1, 0.15) is 34.1 Å². The standard InChI is InChI=1S/C20H24O10/c1-6-12(23)28-11-9(21)18-8-5-7(16(2,3)4)17(18)10(22)13(24)29-15(17)30-20(18,14(25)27-8)19(6,11)26/h6-11,15,21-22,26H,5H2,1-4H3/t6-,7+,8-,9+,10+,11+,15?,17?,18?,19-,20-/m1/s1. The Kier molecular flexibility index (Phi) is 2.97. The van der Waals surface area contributed by atoms with Crippen molar-refractivity contribution in [1.82, 2.24) is 0 Å². The number of aliphatic hydroxyl groups is 3. The highest BCUT2D eigenvalue weighted by Crippen LogP contribution is 2.84. The van der Waals surface area contributed by atoms with Crippen molar-refractivity contribution in [3.8, 4) is 0 Å². The quantitative estimate of drug-likeness (QED) is 0.314. The Morgan fingerprint density at radius 2 is 1.70 bits per heavy atom. The second kappa shape index (κ2) is 4.69. The number of rotatable bonds is 0. The first-order valence-corrected chi connectivity index (χ1v) is 10.2. The third-order valence-electron chi connectivity index (χ3n) is 9.00. The average Bonchev–Trinajstić information content (AvgIpc) is 3.35. The Balaban J connectivity index is 1.72. The van der Waals surface area contributed by atoms with Crippen LogP contribution in [0.3, 0.4) is 0 Å². The van der Waals surface area contributed by atoms with E-state index in [1.807, 2.05) is 20.8 Å². The Morgan fingerprint density at radius 1 is 1.03 bits per heavy atom. The smallest absolute Gasteiger partial charge is 0.343 e. The van der Waals surface area contributed by atoms with Gasteiger partial charge in [0.15, 0.2) is 17.8 Å². The Labute approximate surface area is 171 Å². The molecule has 0 radical (unpaired) electrons. The number of aliphatic hydroxyl groups excluding tert-OH is 2. The second-order valence-electron chi connectivity index (χ2n) is 10.7. The van der Waals surface area contributed by atoms with E-state index in [0.717, 1.165) is 0 Å². The topological polar surface area (TPSA) is 149 Å². The molecule has 0 aromatic carbocycles. The Hall–Kier alpha value is -1.75. The van der Waals surface area contributed by atoms with E-state index in [-0.39, 0.29) is 6.42 Å². The van der Waals surface area contributed by atoms with Crippen LogP contribution in [0, 0.1) is 28.1 Å². The first-order valence-electron chi connectivity index (χ1n) is 10.2. The Bertz CT molecular complexity index is 925. The number of ether oxygens (including phenoxy) is 4. The number of carbonyl (C=O) groups excluding carboxylic acids is 3. The molecule has 0 bridgehead atoms. The Morgan fingerprint density at radius 3 is 2.33 bits per heavy atom. The van der Waals surface area contributed by atoms with Crippen LogP contribution < -0.4 is 0 Å². The summed E-state index contributed by atoms with van der Waals surface area (Å²) >= 11 is 0. The molecule has 3 N–H and O–H groups in total. The van der Waals surface area contributed by atoms with Crippen LogP contribution >= 0.6 is 0 Å². The molecule has 30 heavy (non-hydrogen) atoms. The van der Waals surface area contributed by atoms with Crippen molar-refractivity contribution in [2.24, 2.45) is 28.1 Å². The normalized spacial score (nSPS) is 60.1. The van der Waals surface area contributed by atoms with Crippen LogP contribution in [0.15, 0.2) is 0 Å². The summed E-state index contributed by atoms with van der Waals surface area (Å²) in [5, 5.41) is 34.7. The first-order chi connectivity index (χ1) is 13.8. The van der Waals surface area contributed by atoms with Crippen LogP contribution in [-0.2, 0) is 33.3 Å². The lowest BCUT2D eigenvalue weighted by Crippen LogP contribution is -2.67. The van der Waals surface area contributed by atoms with Crippen molar-refractivity contribution in [2.45, 2.75) is 76.0 Å². The highest BCUT2D eigenvalue weighted by molar-refractivity contribution is 5.94. The minimum atomic E-state index is -2.24. The van der Waals surface area contributed by atoms with Crippen molar-refractivity contribution in [1.29, 1.82) is 0 Å². The van der Waals surface area contributed by atoms with Crippen molar-refractivity contribution in [2.75, 3.05) is 0 Å². The largest absolute Gasteiger partial charge is 0.459 e. The number of fused-ring (bicyclic) bond motifs is 1. The summed E-state index contributed by atoms with van der Waals surface area (Å²) in [6.07, 6.45) is -6.91. The second-order valence-corrected chi connectivity index (χ2v) is 10.7. The fraction of sp³-hybridized carbons (Fsp3) is 0.850. The van der Waals surface area contributed by atoms with Crippen LogP contribution in [0.25, 0.3) is 0 Å². The van der Waals surface area contributed by atoms with E-state index >= 15 is 0 Å². The molecule has 0 aromatic rings. The van der Waals surface area contributed by atoms with E-state index in [9.17, 15) is 29.7 Å². The van der Waals surface area contributed by atoms with Gasteiger partial charge in [0.2, 0.25) is 11.9 Å². The van der Waals surface area contributed by atoms with Crippen LogP contribution in [0.4, 0.5) is 0 Å². The molecule has 2 spiro atoms. The molecule has 10 heteroatoms. The van der Waals surface area contributed by atoms with Gasteiger partial charge in [0.1, 0.15) is 12.2 Å². The molecule has 10 nitrogen and oxygen atoms in total. The SMILES string of the molecule is C[C@@H]1C(=O)O[C@H]2[C@H](O)C34[C@H]5C[C@@H](C(C)(C)C)C36C(OC(=O)[C@@H]6O)O[C@@]4(C(=O)O5)[C@@]12O. The van der Waals surface area contributed by atoms with Crippen molar-refractivity contribution in [3.63, 3.8) is 0 Å². The molecule has 6 aliphatic rings. The van der Waals surface area contributed by atoms with Crippen molar-refractivity contribution in [3.05, 3.63) is 0 Å². The molecule has 2 saturated carbocycles. The van der Waals surface area contributed by atoms with Crippen LogP contribution in [0.5, 0.6) is 0 Å². The van der Waals surface area contributed by atoms with Gasteiger partial charge in [0, 0.05) is 0 Å². The number of hydrogen-bond donors (Lipinski definition) is 3. The lowest BCUT2D eigenvalue weighted by molar-refractivity contribution is -0.239. The summed E-state index contributed by atoms with van der Waals surface area (Å²) in [5.41, 5.74) is -8.26. The summed E-state index contributed by atoms with van der Waals surface area (Å²) in [6.45, 7) is 7.14. The van der Waals surface area contributed by atoms with E-state index in [2.05, 4.69) is 0 Å². The highest BCUT2D eigenvalue weighted by atomic mass is 16.8. The zero-order chi connectivity index (χ0) is 21.8. The minimum absolute atomic E-state index is 0.229. The maximum Gasteiger partial charge on any atom is 0.343 e. The number of carbonyl (C=O) groups is 3. The number of hydrogen-bond acceptors (Lipinski definition) is 10. The molecule has 0 amide bonds. The molecule has 2 aliphatic carbocycles. The predicted molar refractivity (Wildman–Crippen MR) is 92.0 cm³/mol. The average molecular weight is 424 g/mol. The van der Waals surface area contributed by atoms with Gasteiger partial charge in [0.25, 0.3) is 0 Å². The summed E-state index contributed by atoms with van der Waals surface area (Å²) < 4.78 is 22.5.